The van der Waals surface area contributed by atoms with Gasteiger partial charge in [-0.15, -0.1) is 0 Å². The second kappa shape index (κ2) is 19.0. The Balaban J connectivity index is 1.77. The number of carbonyl (C=O) groups excluding carboxylic acids is 1. The third-order valence-corrected chi connectivity index (χ3v) is 5.09. The van der Waals surface area contributed by atoms with Crippen molar-refractivity contribution in [2.24, 2.45) is 0 Å². The molecule has 0 unspecified atom stereocenters. The Morgan fingerprint density at radius 2 is 1.25 bits per heavy atom. The quantitative estimate of drug-likeness (QED) is 0.185. The molecule has 1 aromatic rings. The van der Waals surface area contributed by atoms with Crippen LogP contribution in [0.2, 0.25) is 0 Å². The third-order valence-electron chi connectivity index (χ3n) is 5.09. The van der Waals surface area contributed by atoms with Crippen LogP contribution >= 0.6 is 0 Å². The molecule has 1 aromatic carbocycles. The first-order valence-electron chi connectivity index (χ1n) is 11.6. The predicted octanol–water partition coefficient (Wildman–Crippen LogP) is 7.23. The van der Waals surface area contributed by atoms with Gasteiger partial charge in [-0.2, -0.15) is 0 Å². The van der Waals surface area contributed by atoms with Crippen LogP contribution in [0.3, 0.4) is 0 Å². The minimum Gasteiger partial charge on any atom is -0.463 e. The van der Waals surface area contributed by atoms with E-state index in [2.05, 4.69) is 6.92 Å². The first kappa shape index (κ1) is 24.7. The monoisotopic (exact) mass is 390 g/mol. The highest BCUT2D eigenvalue weighted by Crippen LogP contribution is 2.13. The van der Waals surface area contributed by atoms with Gasteiger partial charge in [-0.3, -0.25) is 4.79 Å². The van der Waals surface area contributed by atoms with E-state index in [9.17, 15) is 4.79 Å². The van der Waals surface area contributed by atoms with E-state index < -0.39 is 0 Å². The summed E-state index contributed by atoms with van der Waals surface area (Å²) in [4.78, 5) is 11.7. The summed E-state index contributed by atoms with van der Waals surface area (Å²) < 4.78 is 10.7. The van der Waals surface area contributed by atoms with Crippen molar-refractivity contribution in [1.29, 1.82) is 0 Å². The van der Waals surface area contributed by atoms with Gasteiger partial charge in [-0.25, -0.2) is 0 Å². The maximum Gasteiger partial charge on any atom is 0.305 e. The van der Waals surface area contributed by atoms with Crippen molar-refractivity contribution < 1.29 is 14.3 Å². The zero-order chi connectivity index (χ0) is 20.1. The van der Waals surface area contributed by atoms with Gasteiger partial charge in [-0.1, -0.05) is 114 Å². The summed E-state index contributed by atoms with van der Waals surface area (Å²) in [6.45, 7) is 3.65. The molecule has 0 aliphatic heterocycles. The van der Waals surface area contributed by atoms with Crippen LogP contribution in [-0.2, 0) is 20.9 Å². The van der Waals surface area contributed by atoms with Gasteiger partial charge in [0.1, 0.15) is 6.61 Å². The molecule has 0 bridgehead atoms. The van der Waals surface area contributed by atoms with Gasteiger partial charge in [0.05, 0.1) is 13.2 Å². The summed E-state index contributed by atoms with van der Waals surface area (Å²) in [5, 5.41) is 0. The zero-order valence-electron chi connectivity index (χ0n) is 18.1. The highest BCUT2D eigenvalue weighted by Gasteiger charge is 2.02. The molecule has 0 atom stereocenters. The Hall–Kier alpha value is -1.35. The molecule has 0 spiro atoms. The normalized spacial score (nSPS) is 10.9. The lowest BCUT2D eigenvalue weighted by molar-refractivity contribution is -0.145. The Kier molecular flexibility index (Phi) is 16.7. The fraction of sp³-hybridized carbons (Fsp3) is 0.720. The van der Waals surface area contributed by atoms with Crippen molar-refractivity contribution >= 4 is 5.97 Å². The summed E-state index contributed by atoms with van der Waals surface area (Å²) in [6.07, 6.45) is 17.7. The van der Waals surface area contributed by atoms with Crippen molar-refractivity contribution in [2.75, 3.05) is 13.2 Å². The standard InChI is InChI=1S/C25H42O3/c1-2-3-4-5-6-7-8-9-10-11-12-13-17-20-25(26)28-22-21-27-23-24-18-15-14-16-19-24/h14-16,18-19H,2-13,17,20-23H2,1H3. The molecule has 0 aromatic heterocycles. The van der Waals surface area contributed by atoms with Crippen LogP contribution in [-0.4, -0.2) is 19.2 Å². The third kappa shape index (κ3) is 15.7. The summed E-state index contributed by atoms with van der Waals surface area (Å²) in [5.74, 6) is -0.0913. The number of esters is 1. The van der Waals surface area contributed by atoms with E-state index in [0.717, 1.165) is 18.4 Å². The van der Waals surface area contributed by atoms with E-state index in [0.29, 0.717) is 26.2 Å². The highest BCUT2D eigenvalue weighted by molar-refractivity contribution is 5.69. The fourth-order valence-corrected chi connectivity index (χ4v) is 3.34. The van der Waals surface area contributed by atoms with Crippen molar-refractivity contribution in [3.63, 3.8) is 0 Å². The molecule has 1 rings (SSSR count). The molecular weight excluding hydrogens is 348 g/mol. The average Bonchev–Trinajstić information content (AvgIpc) is 2.72. The molecule has 0 saturated heterocycles. The average molecular weight is 391 g/mol. The van der Waals surface area contributed by atoms with Crippen LogP contribution < -0.4 is 0 Å². The van der Waals surface area contributed by atoms with Crippen LogP contribution in [0.25, 0.3) is 0 Å². The number of hydrogen-bond donors (Lipinski definition) is 0. The molecule has 0 radical (unpaired) electrons. The van der Waals surface area contributed by atoms with Crippen molar-refractivity contribution in [1.82, 2.24) is 0 Å². The van der Waals surface area contributed by atoms with Gasteiger partial charge in [0.15, 0.2) is 0 Å². The van der Waals surface area contributed by atoms with Gasteiger partial charge in [-0.05, 0) is 12.0 Å². The van der Waals surface area contributed by atoms with Gasteiger partial charge in [0.25, 0.3) is 0 Å². The minimum absolute atomic E-state index is 0.0913. The van der Waals surface area contributed by atoms with E-state index in [1.807, 2.05) is 30.3 Å². The lowest BCUT2D eigenvalue weighted by Crippen LogP contribution is -2.10. The van der Waals surface area contributed by atoms with Crippen molar-refractivity contribution in [3.05, 3.63) is 35.9 Å². The largest absolute Gasteiger partial charge is 0.463 e. The summed E-state index contributed by atoms with van der Waals surface area (Å²) in [7, 11) is 0. The van der Waals surface area contributed by atoms with E-state index in [4.69, 9.17) is 9.47 Å². The molecule has 0 aliphatic rings. The van der Waals surface area contributed by atoms with Gasteiger partial charge in [0, 0.05) is 6.42 Å². The molecule has 28 heavy (non-hydrogen) atoms. The van der Waals surface area contributed by atoms with Crippen LogP contribution in [0.1, 0.15) is 102 Å². The molecular formula is C25H42O3. The first-order chi connectivity index (χ1) is 13.8. The van der Waals surface area contributed by atoms with E-state index in [1.54, 1.807) is 0 Å². The van der Waals surface area contributed by atoms with Crippen molar-refractivity contribution in [3.8, 4) is 0 Å². The van der Waals surface area contributed by atoms with E-state index >= 15 is 0 Å². The number of benzene rings is 1. The maximum atomic E-state index is 11.7. The lowest BCUT2D eigenvalue weighted by atomic mass is 10.0. The predicted molar refractivity (Wildman–Crippen MR) is 117 cm³/mol. The van der Waals surface area contributed by atoms with Gasteiger partial charge < -0.3 is 9.47 Å². The second-order valence-corrected chi connectivity index (χ2v) is 7.75. The number of unbranched alkanes of at least 4 members (excludes halogenated alkanes) is 12. The summed E-state index contributed by atoms with van der Waals surface area (Å²) >= 11 is 0. The Morgan fingerprint density at radius 1 is 0.714 bits per heavy atom. The molecule has 3 heteroatoms. The van der Waals surface area contributed by atoms with Crippen LogP contribution in [0.4, 0.5) is 0 Å². The smallest absolute Gasteiger partial charge is 0.305 e. The molecule has 160 valence electrons. The molecule has 0 fully saturated rings. The number of ether oxygens (including phenoxy) is 2. The number of hydrogen-bond acceptors (Lipinski definition) is 3. The van der Waals surface area contributed by atoms with Crippen LogP contribution in [0.15, 0.2) is 30.3 Å². The number of carbonyl (C=O) groups is 1. The van der Waals surface area contributed by atoms with Gasteiger partial charge >= 0.3 is 5.97 Å². The summed E-state index contributed by atoms with van der Waals surface area (Å²) in [6, 6.07) is 10.0. The molecule has 0 amide bonds. The van der Waals surface area contributed by atoms with Crippen LogP contribution in [0.5, 0.6) is 0 Å². The Labute approximate surface area is 173 Å². The molecule has 3 nitrogen and oxygen atoms in total. The first-order valence-corrected chi connectivity index (χ1v) is 11.6. The molecule has 0 saturated carbocycles. The van der Waals surface area contributed by atoms with E-state index in [1.165, 1.54) is 70.6 Å². The van der Waals surface area contributed by atoms with Gasteiger partial charge in [0.2, 0.25) is 0 Å². The topological polar surface area (TPSA) is 35.5 Å². The Morgan fingerprint density at radius 3 is 1.82 bits per heavy atom. The number of rotatable bonds is 19. The molecule has 0 N–H and O–H groups in total. The van der Waals surface area contributed by atoms with Crippen LogP contribution in [0, 0.1) is 0 Å². The molecule has 0 heterocycles. The second-order valence-electron chi connectivity index (χ2n) is 7.75. The highest BCUT2D eigenvalue weighted by atomic mass is 16.6. The Bertz CT molecular complexity index is 458. The van der Waals surface area contributed by atoms with Crippen molar-refractivity contribution in [2.45, 2.75) is 103 Å². The maximum absolute atomic E-state index is 11.7. The zero-order valence-corrected chi connectivity index (χ0v) is 18.1. The van der Waals surface area contributed by atoms with E-state index in [-0.39, 0.29) is 5.97 Å². The summed E-state index contributed by atoms with van der Waals surface area (Å²) in [5.41, 5.74) is 1.14. The fourth-order valence-electron chi connectivity index (χ4n) is 3.34. The minimum atomic E-state index is -0.0913. The lowest BCUT2D eigenvalue weighted by Gasteiger charge is -2.06. The molecule has 0 aliphatic carbocycles. The SMILES string of the molecule is CCCCCCCCCCCCCCCC(=O)OCCOCc1ccccc1.